The van der Waals surface area contributed by atoms with Gasteiger partial charge in [0.05, 0.1) is 0 Å². The minimum atomic E-state index is -0.244. The number of carbonyl (C=O) groups excluding carboxylic acids is 2. The molecule has 2 amide bonds. The van der Waals surface area contributed by atoms with Crippen LogP contribution in [-0.2, 0) is 22.4 Å². The van der Waals surface area contributed by atoms with E-state index in [0.29, 0.717) is 37.1 Å². The molecule has 0 heterocycles. The number of hydrogen-bond donors (Lipinski definition) is 8. The highest BCUT2D eigenvalue weighted by Gasteiger charge is 2.02. The van der Waals surface area contributed by atoms with Crippen LogP contribution in [0.4, 0.5) is 0 Å². The third kappa shape index (κ3) is 11.5. The van der Waals surface area contributed by atoms with Crippen molar-refractivity contribution in [3.05, 3.63) is 119 Å². The molecule has 0 spiro atoms. The molecule has 0 aromatic heterocycles. The van der Waals surface area contributed by atoms with Crippen LogP contribution >= 0.6 is 0 Å². The highest BCUT2D eigenvalue weighted by molar-refractivity contribution is 5.92. The van der Waals surface area contributed by atoms with Crippen LogP contribution in [0.15, 0.2) is 97.1 Å². The van der Waals surface area contributed by atoms with E-state index in [1.165, 1.54) is 36.4 Å². The normalized spacial score (nSPS) is 10.7. The van der Waals surface area contributed by atoms with Gasteiger partial charge < -0.3 is 41.3 Å². The molecule has 228 valence electrons. The second-order valence-electron chi connectivity index (χ2n) is 9.58. The number of aromatic hydroxyl groups is 6. The Labute approximate surface area is 254 Å². The summed E-state index contributed by atoms with van der Waals surface area (Å²) < 4.78 is 0. The Kier molecular flexibility index (Phi) is 12.2. The van der Waals surface area contributed by atoms with E-state index in [1.807, 2.05) is 0 Å². The molecule has 0 fully saturated rings. The first-order chi connectivity index (χ1) is 21.1. The summed E-state index contributed by atoms with van der Waals surface area (Å²) in [5, 5.41) is 60.9. The van der Waals surface area contributed by atoms with Gasteiger partial charge in [0, 0.05) is 25.2 Å². The molecule has 0 bridgehead atoms. The van der Waals surface area contributed by atoms with Gasteiger partial charge in [0.2, 0.25) is 11.8 Å². The molecule has 0 radical (unpaired) electrons. The number of amides is 2. The lowest BCUT2D eigenvalue weighted by atomic mass is 10.1. The summed E-state index contributed by atoms with van der Waals surface area (Å²) in [7, 11) is 0. The zero-order valence-electron chi connectivity index (χ0n) is 23.7. The maximum absolute atomic E-state index is 11.7. The van der Waals surface area contributed by atoms with Gasteiger partial charge >= 0.3 is 0 Å². The number of carbonyl (C=O) groups is 2. The predicted octanol–water partition coefficient (Wildman–Crippen LogP) is 4.35. The summed E-state index contributed by atoms with van der Waals surface area (Å²) in [5.74, 6) is -0.908. The van der Waals surface area contributed by atoms with Gasteiger partial charge in [0.15, 0.2) is 23.0 Å². The van der Waals surface area contributed by atoms with Gasteiger partial charge in [-0.25, -0.2) is 0 Å². The lowest BCUT2D eigenvalue weighted by Crippen LogP contribution is -2.23. The molecule has 4 aromatic rings. The smallest absolute Gasteiger partial charge is 0.244 e. The number of rotatable bonds is 10. The van der Waals surface area contributed by atoms with Crippen LogP contribution in [0.2, 0.25) is 0 Å². The molecule has 0 saturated carbocycles. The lowest BCUT2D eigenvalue weighted by molar-refractivity contribution is -0.117. The molecule has 8 N–H and O–H groups in total. The minimum Gasteiger partial charge on any atom is -0.508 e. The van der Waals surface area contributed by atoms with E-state index in [9.17, 15) is 40.2 Å². The first-order valence-corrected chi connectivity index (χ1v) is 13.6. The van der Waals surface area contributed by atoms with Crippen molar-refractivity contribution in [2.24, 2.45) is 0 Å². The molecule has 0 aliphatic rings. The van der Waals surface area contributed by atoms with Crippen molar-refractivity contribution < 1.29 is 40.2 Å². The van der Waals surface area contributed by atoms with Gasteiger partial charge in [0.1, 0.15) is 11.5 Å². The van der Waals surface area contributed by atoms with Crippen LogP contribution in [0.5, 0.6) is 34.5 Å². The fourth-order valence-corrected chi connectivity index (χ4v) is 3.74. The van der Waals surface area contributed by atoms with E-state index in [-0.39, 0.29) is 46.3 Å². The third-order valence-corrected chi connectivity index (χ3v) is 6.15. The van der Waals surface area contributed by atoms with Crippen molar-refractivity contribution in [2.75, 3.05) is 13.1 Å². The van der Waals surface area contributed by atoms with Crippen molar-refractivity contribution in [3.8, 4) is 34.5 Å². The third-order valence-electron chi connectivity index (χ3n) is 6.15. The monoisotopic (exact) mass is 598 g/mol. The summed E-state index contributed by atoms with van der Waals surface area (Å²) in [4.78, 5) is 23.3. The average molecular weight is 599 g/mol. The van der Waals surface area contributed by atoms with Crippen LogP contribution in [0, 0.1) is 0 Å². The molecule has 0 atom stereocenters. The molecule has 10 heteroatoms. The van der Waals surface area contributed by atoms with Gasteiger partial charge in [0.25, 0.3) is 0 Å². The van der Waals surface area contributed by atoms with E-state index in [0.717, 1.165) is 11.1 Å². The van der Waals surface area contributed by atoms with E-state index in [1.54, 1.807) is 72.8 Å². The quantitative estimate of drug-likeness (QED) is 0.0980. The van der Waals surface area contributed by atoms with Gasteiger partial charge in [-0.05, 0) is 95.8 Å². The SMILES string of the molecule is O=C(/C=C/c1ccc(O)c(O)c1)NCCc1ccc(O)cc1.O=C(/C=C/c1ccc(O)c(O)c1)NCCc1ccc(O)cc1. The van der Waals surface area contributed by atoms with E-state index in [4.69, 9.17) is 0 Å². The zero-order valence-corrected chi connectivity index (χ0v) is 23.7. The van der Waals surface area contributed by atoms with Crippen LogP contribution < -0.4 is 10.6 Å². The number of hydrogen-bond acceptors (Lipinski definition) is 8. The Morgan fingerprint density at radius 3 is 1.20 bits per heavy atom. The first kappa shape index (κ1) is 32.6. The summed E-state index contributed by atoms with van der Waals surface area (Å²) in [5.41, 5.74) is 3.27. The van der Waals surface area contributed by atoms with Crippen LogP contribution in [0.25, 0.3) is 12.2 Å². The Bertz CT molecular complexity index is 1480. The molecule has 0 aliphatic carbocycles. The number of phenolic OH excluding ortho intramolecular Hbond substituents is 6. The predicted molar refractivity (Wildman–Crippen MR) is 167 cm³/mol. The number of phenols is 6. The number of benzene rings is 4. The molecule has 0 saturated heterocycles. The largest absolute Gasteiger partial charge is 0.508 e. The van der Waals surface area contributed by atoms with Gasteiger partial charge in [-0.1, -0.05) is 36.4 Å². The molecular formula is C34H34N2O8. The summed E-state index contributed by atoms with van der Waals surface area (Å²) >= 11 is 0. The van der Waals surface area contributed by atoms with Gasteiger partial charge in [-0.3, -0.25) is 9.59 Å². The Morgan fingerprint density at radius 1 is 0.500 bits per heavy atom. The Balaban J connectivity index is 0.000000240. The highest BCUT2D eigenvalue weighted by atomic mass is 16.3. The van der Waals surface area contributed by atoms with E-state index in [2.05, 4.69) is 10.6 Å². The van der Waals surface area contributed by atoms with Crippen LogP contribution in [-0.4, -0.2) is 55.5 Å². The van der Waals surface area contributed by atoms with Crippen molar-refractivity contribution >= 4 is 24.0 Å². The van der Waals surface area contributed by atoms with Crippen molar-refractivity contribution in [1.82, 2.24) is 10.6 Å². The van der Waals surface area contributed by atoms with E-state index >= 15 is 0 Å². The second kappa shape index (κ2) is 16.5. The highest BCUT2D eigenvalue weighted by Crippen LogP contribution is 2.26. The molecule has 10 nitrogen and oxygen atoms in total. The summed E-state index contributed by atoms with van der Waals surface area (Å²) in [6.45, 7) is 0.962. The fourth-order valence-electron chi connectivity index (χ4n) is 3.74. The zero-order chi connectivity index (χ0) is 31.9. The molecular weight excluding hydrogens is 564 g/mol. The molecule has 44 heavy (non-hydrogen) atoms. The van der Waals surface area contributed by atoms with Crippen LogP contribution in [0.1, 0.15) is 22.3 Å². The van der Waals surface area contributed by atoms with Crippen molar-refractivity contribution in [2.45, 2.75) is 12.8 Å². The minimum absolute atomic E-state index is 0.199. The summed E-state index contributed by atoms with van der Waals surface area (Å²) in [6, 6.07) is 22.3. The number of nitrogens with one attached hydrogen (secondary N) is 2. The Hall–Kier alpha value is -5.90. The first-order valence-electron chi connectivity index (χ1n) is 13.6. The van der Waals surface area contributed by atoms with Gasteiger partial charge in [-0.15, -0.1) is 0 Å². The molecule has 0 unspecified atom stereocenters. The lowest BCUT2D eigenvalue weighted by Gasteiger charge is -2.03. The maximum Gasteiger partial charge on any atom is 0.244 e. The van der Waals surface area contributed by atoms with Gasteiger partial charge in [-0.2, -0.15) is 0 Å². The average Bonchev–Trinajstić information content (AvgIpc) is 3.01. The molecule has 0 aliphatic heterocycles. The standard InChI is InChI=1S/2C17H17NO4/c2*19-14-5-1-12(2-6-14)9-10-18-17(22)8-4-13-3-7-15(20)16(21)11-13/h2*1-8,11,19-21H,9-10H2,(H,18,22)/b2*8-4+. The second-order valence-corrected chi connectivity index (χ2v) is 9.58. The Morgan fingerprint density at radius 2 is 0.864 bits per heavy atom. The summed E-state index contributed by atoms with van der Waals surface area (Å²) in [6.07, 6.45) is 7.16. The van der Waals surface area contributed by atoms with Crippen LogP contribution in [0.3, 0.4) is 0 Å². The van der Waals surface area contributed by atoms with Crippen molar-refractivity contribution in [3.63, 3.8) is 0 Å². The fraction of sp³-hybridized carbons (Fsp3) is 0.118. The molecule has 4 rings (SSSR count). The van der Waals surface area contributed by atoms with E-state index < -0.39 is 0 Å². The maximum atomic E-state index is 11.7. The van der Waals surface area contributed by atoms with Crippen molar-refractivity contribution in [1.29, 1.82) is 0 Å². The molecule has 4 aromatic carbocycles. The topological polar surface area (TPSA) is 180 Å².